The summed E-state index contributed by atoms with van der Waals surface area (Å²) in [4.78, 5) is 0. The van der Waals surface area contributed by atoms with Crippen LogP contribution in [0.4, 0.5) is 0 Å². The molecule has 1 aliphatic heterocycles. The van der Waals surface area contributed by atoms with Crippen LogP contribution in [-0.4, -0.2) is 12.2 Å². The van der Waals surface area contributed by atoms with Gasteiger partial charge in [0.25, 0.3) is 0 Å². The Labute approximate surface area is 82.9 Å². The van der Waals surface area contributed by atoms with E-state index in [4.69, 9.17) is 4.74 Å². The van der Waals surface area contributed by atoms with Crippen LogP contribution in [-0.2, 0) is 4.74 Å². The van der Waals surface area contributed by atoms with Crippen LogP contribution in [0.25, 0.3) is 0 Å². The molecule has 0 bridgehead atoms. The molecule has 0 aromatic heterocycles. The molecular formula is C12H24O. The topological polar surface area (TPSA) is 12.5 Å². The molecule has 0 radical (unpaired) electrons. The highest BCUT2D eigenvalue weighted by molar-refractivity contribution is 4.84. The third-order valence-electron chi connectivity index (χ3n) is 2.87. The molecule has 1 fully saturated rings. The minimum atomic E-state index is 0.642. The van der Waals surface area contributed by atoms with Gasteiger partial charge in [-0.2, -0.15) is 0 Å². The standard InChI is InChI=1S/C12H24O/c1-3-5-7-9-11-12(13-11)10-8-6-4-2/h11-12H,3-10H2,1-2H3/t11-,12+. The van der Waals surface area contributed by atoms with Crippen molar-refractivity contribution in [3.05, 3.63) is 0 Å². The molecule has 0 unspecified atom stereocenters. The number of rotatable bonds is 8. The van der Waals surface area contributed by atoms with Crippen LogP contribution in [0.1, 0.15) is 65.2 Å². The number of hydrogen-bond donors (Lipinski definition) is 0. The van der Waals surface area contributed by atoms with E-state index in [1.807, 2.05) is 0 Å². The van der Waals surface area contributed by atoms with Gasteiger partial charge in [-0.1, -0.05) is 52.4 Å². The Morgan fingerprint density at radius 3 is 1.62 bits per heavy atom. The molecule has 0 N–H and O–H groups in total. The predicted molar refractivity (Wildman–Crippen MR) is 56.9 cm³/mol. The lowest BCUT2D eigenvalue weighted by Gasteiger charge is -1.95. The molecule has 0 spiro atoms. The maximum absolute atomic E-state index is 5.61. The van der Waals surface area contributed by atoms with Crippen molar-refractivity contribution >= 4 is 0 Å². The van der Waals surface area contributed by atoms with Crippen LogP contribution in [0.5, 0.6) is 0 Å². The zero-order valence-corrected chi connectivity index (χ0v) is 9.22. The minimum absolute atomic E-state index is 0.642. The lowest BCUT2D eigenvalue weighted by atomic mass is 10.1. The first-order valence-corrected chi connectivity index (χ1v) is 6.04. The van der Waals surface area contributed by atoms with E-state index in [-0.39, 0.29) is 0 Å². The Bertz CT molecular complexity index is 108. The average Bonchev–Trinajstić information content (AvgIpc) is 2.85. The molecule has 78 valence electrons. The first-order chi connectivity index (χ1) is 6.38. The zero-order chi connectivity index (χ0) is 9.52. The number of hydrogen-bond acceptors (Lipinski definition) is 1. The SMILES string of the molecule is CCCCC[C@@H]1O[C@@H]1CCCCC. The van der Waals surface area contributed by atoms with Crippen LogP contribution < -0.4 is 0 Å². The highest BCUT2D eigenvalue weighted by Gasteiger charge is 2.36. The lowest BCUT2D eigenvalue weighted by Crippen LogP contribution is -1.94. The summed E-state index contributed by atoms with van der Waals surface area (Å²) in [5, 5.41) is 0. The Morgan fingerprint density at radius 1 is 0.769 bits per heavy atom. The number of epoxide rings is 1. The van der Waals surface area contributed by atoms with E-state index in [9.17, 15) is 0 Å². The van der Waals surface area contributed by atoms with Gasteiger partial charge < -0.3 is 4.74 Å². The Morgan fingerprint density at radius 2 is 1.23 bits per heavy atom. The molecule has 13 heavy (non-hydrogen) atoms. The number of unbranched alkanes of at least 4 members (excludes halogenated alkanes) is 4. The molecule has 1 nitrogen and oxygen atoms in total. The summed E-state index contributed by atoms with van der Waals surface area (Å²) >= 11 is 0. The van der Waals surface area contributed by atoms with E-state index in [2.05, 4.69) is 13.8 Å². The van der Waals surface area contributed by atoms with Crippen LogP contribution in [0.15, 0.2) is 0 Å². The minimum Gasteiger partial charge on any atom is -0.370 e. The van der Waals surface area contributed by atoms with Crippen molar-refractivity contribution in [3.8, 4) is 0 Å². The molecule has 0 aliphatic carbocycles. The molecule has 2 atom stereocenters. The van der Waals surface area contributed by atoms with Crippen molar-refractivity contribution in [1.29, 1.82) is 0 Å². The van der Waals surface area contributed by atoms with Gasteiger partial charge in [-0.05, 0) is 12.8 Å². The Kier molecular flexibility index (Phi) is 5.45. The first kappa shape index (κ1) is 11.0. The molecule has 1 aliphatic rings. The summed E-state index contributed by atoms with van der Waals surface area (Å²) in [6.07, 6.45) is 12.0. The van der Waals surface area contributed by atoms with Crippen molar-refractivity contribution in [2.24, 2.45) is 0 Å². The van der Waals surface area contributed by atoms with E-state index in [1.54, 1.807) is 0 Å². The van der Waals surface area contributed by atoms with Gasteiger partial charge in [0.2, 0.25) is 0 Å². The highest BCUT2D eigenvalue weighted by Crippen LogP contribution is 2.31. The van der Waals surface area contributed by atoms with Crippen LogP contribution in [0.3, 0.4) is 0 Å². The lowest BCUT2D eigenvalue weighted by molar-refractivity contribution is 0.349. The van der Waals surface area contributed by atoms with Gasteiger partial charge in [-0.3, -0.25) is 0 Å². The summed E-state index contributed by atoms with van der Waals surface area (Å²) < 4.78 is 5.61. The molecule has 0 saturated carbocycles. The van der Waals surface area contributed by atoms with Gasteiger partial charge in [0, 0.05) is 0 Å². The second-order valence-corrected chi connectivity index (χ2v) is 4.20. The van der Waals surface area contributed by atoms with Gasteiger partial charge in [0.05, 0.1) is 12.2 Å². The fourth-order valence-electron chi connectivity index (χ4n) is 1.88. The molecule has 1 saturated heterocycles. The van der Waals surface area contributed by atoms with Crippen molar-refractivity contribution in [2.75, 3.05) is 0 Å². The molecular weight excluding hydrogens is 160 g/mol. The number of ether oxygens (including phenoxy) is 1. The molecule has 0 amide bonds. The van der Waals surface area contributed by atoms with Gasteiger partial charge in [-0.25, -0.2) is 0 Å². The normalized spacial score (nSPS) is 26.3. The van der Waals surface area contributed by atoms with Crippen molar-refractivity contribution in [2.45, 2.75) is 77.4 Å². The van der Waals surface area contributed by atoms with Crippen LogP contribution in [0.2, 0.25) is 0 Å². The quantitative estimate of drug-likeness (QED) is 0.411. The van der Waals surface area contributed by atoms with Gasteiger partial charge in [0.15, 0.2) is 0 Å². The van der Waals surface area contributed by atoms with Gasteiger partial charge >= 0.3 is 0 Å². The fraction of sp³-hybridized carbons (Fsp3) is 1.00. The van der Waals surface area contributed by atoms with Crippen molar-refractivity contribution in [1.82, 2.24) is 0 Å². The van der Waals surface area contributed by atoms with E-state index >= 15 is 0 Å². The summed E-state index contributed by atoms with van der Waals surface area (Å²) in [7, 11) is 0. The first-order valence-electron chi connectivity index (χ1n) is 6.04. The van der Waals surface area contributed by atoms with Crippen LogP contribution in [0, 0.1) is 0 Å². The molecule has 1 rings (SSSR count). The second-order valence-electron chi connectivity index (χ2n) is 4.20. The van der Waals surface area contributed by atoms with E-state index in [1.165, 1.54) is 51.4 Å². The summed E-state index contributed by atoms with van der Waals surface area (Å²) in [5.41, 5.74) is 0. The largest absolute Gasteiger partial charge is 0.370 e. The van der Waals surface area contributed by atoms with E-state index in [0.29, 0.717) is 12.2 Å². The van der Waals surface area contributed by atoms with Crippen molar-refractivity contribution in [3.63, 3.8) is 0 Å². The molecule has 0 aromatic rings. The van der Waals surface area contributed by atoms with Gasteiger partial charge in [-0.15, -0.1) is 0 Å². The molecule has 0 aromatic carbocycles. The van der Waals surface area contributed by atoms with E-state index in [0.717, 1.165) is 0 Å². The fourth-order valence-corrected chi connectivity index (χ4v) is 1.88. The van der Waals surface area contributed by atoms with Gasteiger partial charge in [0.1, 0.15) is 0 Å². The average molecular weight is 184 g/mol. The smallest absolute Gasteiger partial charge is 0.0841 e. The predicted octanol–water partition coefficient (Wildman–Crippen LogP) is 3.91. The third-order valence-corrected chi connectivity index (χ3v) is 2.87. The maximum Gasteiger partial charge on any atom is 0.0841 e. The Hall–Kier alpha value is -0.0400. The van der Waals surface area contributed by atoms with Crippen LogP contribution >= 0.6 is 0 Å². The summed E-state index contributed by atoms with van der Waals surface area (Å²) in [6.45, 7) is 4.51. The third kappa shape index (κ3) is 4.66. The zero-order valence-electron chi connectivity index (χ0n) is 9.22. The highest BCUT2D eigenvalue weighted by atomic mass is 16.6. The second kappa shape index (κ2) is 6.42. The monoisotopic (exact) mass is 184 g/mol. The molecule has 1 heteroatoms. The summed E-state index contributed by atoms with van der Waals surface area (Å²) in [6, 6.07) is 0. The Balaban J connectivity index is 1.85. The molecule has 1 heterocycles. The summed E-state index contributed by atoms with van der Waals surface area (Å²) in [5.74, 6) is 0. The van der Waals surface area contributed by atoms with E-state index < -0.39 is 0 Å². The van der Waals surface area contributed by atoms with Crippen molar-refractivity contribution < 1.29 is 4.74 Å². The maximum atomic E-state index is 5.61.